The molecule has 10 heteroatoms. The van der Waals surface area contributed by atoms with Crippen LogP contribution in [-0.4, -0.2) is 45.6 Å². The minimum absolute atomic E-state index is 0.0170. The quantitative estimate of drug-likeness (QED) is 0.636. The molecule has 146 valence electrons. The number of halogens is 2. The molecule has 2 atom stereocenters. The molecule has 1 saturated heterocycles. The summed E-state index contributed by atoms with van der Waals surface area (Å²) < 4.78 is 17.9. The molecule has 1 aliphatic carbocycles. The van der Waals surface area contributed by atoms with Gasteiger partial charge in [0, 0.05) is 23.8 Å². The van der Waals surface area contributed by atoms with E-state index < -0.39 is 28.3 Å². The summed E-state index contributed by atoms with van der Waals surface area (Å²) in [6, 6.07) is 3.74. The molecule has 1 aliphatic heterocycles. The summed E-state index contributed by atoms with van der Waals surface area (Å²) in [6.45, 7) is 1.24. The SMILES string of the molecule is C[C@]1(F)CNC[C@@]1(Nc1c(C(N)=O)cnn2cc(Br)cc12)C(=O)C1(C#N)CC1. The third kappa shape index (κ3) is 2.53. The maximum absolute atomic E-state index is 15.7. The third-order valence-electron chi connectivity index (χ3n) is 5.73. The number of nitrogens with one attached hydrogen (secondary N) is 2. The van der Waals surface area contributed by atoms with Crippen LogP contribution in [0.3, 0.4) is 0 Å². The van der Waals surface area contributed by atoms with Crippen molar-refractivity contribution in [2.75, 3.05) is 18.4 Å². The number of nitriles is 1. The van der Waals surface area contributed by atoms with E-state index in [1.165, 1.54) is 17.6 Å². The predicted octanol–water partition coefficient (Wildman–Crippen LogP) is 1.55. The van der Waals surface area contributed by atoms with Crippen molar-refractivity contribution < 1.29 is 14.0 Å². The second-order valence-electron chi connectivity index (χ2n) is 7.64. The lowest BCUT2D eigenvalue weighted by molar-refractivity contribution is -0.129. The lowest BCUT2D eigenvalue weighted by Crippen LogP contribution is -2.62. The van der Waals surface area contributed by atoms with E-state index in [0.717, 1.165) is 0 Å². The zero-order valence-electron chi connectivity index (χ0n) is 15.1. The molecule has 4 rings (SSSR count). The number of primary amides is 1. The van der Waals surface area contributed by atoms with Crippen molar-refractivity contribution in [3.8, 4) is 6.07 Å². The number of aromatic nitrogens is 2. The monoisotopic (exact) mass is 448 g/mol. The molecule has 0 aromatic carbocycles. The Hall–Kier alpha value is -2.51. The molecule has 0 radical (unpaired) electrons. The van der Waals surface area contributed by atoms with E-state index in [2.05, 4.69) is 37.7 Å². The number of alkyl halides is 1. The molecule has 2 aliphatic rings. The highest BCUT2D eigenvalue weighted by Gasteiger charge is 2.66. The minimum Gasteiger partial charge on any atom is -0.367 e. The summed E-state index contributed by atoms with van der Waals surface area (Å²) in [5.41, 5.74) is 1.30. The van der Waals surface area contributed by atoms with E-state index in [9.17, 15) is 14.9 Å². The number of amides is 1. The fourth-order valence-corrected chi connectivity index (χ4v) is 4.26. The van der Waals surface area contributed by atoms with Crippen molar-refractivity contribution in [1.29, 1.82) is 5.26 Å². The lowest BCUT2D eigenvalue weighted by atomic mass is 9.75. The molecular weight excluding hydrogens is 431 g/mol. The van der Waals surface area contributed by atoms with E-state index in [1.807, 2.05) is 0 Å². The van der Waals surface area contributed by atoms with Crippen LogP contribution in [0.4, 0.5) is 10.1 Å². The van der Waals surface area contributed by atoms with Crippen LogP contribution < -0.4 is 16.4 Å². The zero-order chi connectivity index (χ0) is 20.3. The Morgan fingerprint density at radius 3 is 2.71 bits per heavy atom. The van der Waals surface area contributed by atoms with Crippen molar-refractivity contribution in [1.82, 2.24) is 14.9 Å². The van der Waals surface area contributed by atoms with Crippen LogP contribution in [0.2, 0.25) is 0 Å². The van der Waals surface area contributed by atoms with Gasteiger partial charge in [0.25, 0.3) is 5.91 Å². The van der Waals surface area contributed by atoms with Crippen molar-refractivity contribution in [2.45, 2.75) is 31.0 Å². The molecule has 0 unspecified atom stereocenters. The number of nitrogens with zero attached hydrogens (tertiary/aromatic N) is 3. The normalized spacial score (nSPS) is 28.1. The summed E-state index contributed by atoms with van der Waals surface area (Å²) in [5, 5.41) is 19.6. The molecule has 3 heterocycles. The summed E-state index contributed by atoms with van der Waals surface area (Å²) in [4.78, 5) is 25.4. The van der Waals surface area contributed by atoms with E-state index in [0.29, 0.717) is 22.8 Å². The van der Waals surface area contributed by atoms with E-state index in [1.54, 1.807) is 12.3 Å². The van der Waals surface area contributed by atoms with Gasteiger partial charge in [-0.3, -0.25) is 9.59 Å². The van der Waals surface area contributed by atoms with Gasteiger partial charge in [-0.1, -0.05) is 0 Å². The molecule has 1 saturated carbocycles. The van der Waals surface area contributed by atoms with Gasteiger partial charge in [0.05, 0.1) is 29.0 Å². The van der Waals surface area contributed by atoms with Gasteiger partial charge in [0.15, 0.2) is 11.5 Å². The molecule has 8 nitrogen and oxygen atoms in total. The molecular formula is C18H18BrFN6O2. The molecule has 1 amide bonds. The number of fused-ring (bicyclic) bond motifs is 1. The van der Waals surface area contributed by atoms with Crippen molar-refractivity contribution >= 4 is 38.8 Å². The van der Waals surface area contributed by atoms with Crippen LogP contribution in [0, 0.1) is 16.7 Å². The third-order valence-corrected chi connectivity index (χ3v) is 6.16. The summed E-state index contributed by atoms with van der Waals surface area (Å²) in [5.74, 6) is -1.26. The molecule has 2 aromatic rings. The van der Waals surface area contributed by atoms with Gasteiger partial charge in [-0.2, -0.15) is 10.4 Å². The van der Waals surface area contributed by atoms with Gasteiger partial charge in [-0.25, -0.2) is 8.91 Å². The Morgan fingerprint density at radius 1 is 1.46 bits per heavy atom. The second-order valence-corrected chi connectivity index (χ2v) is 8.56. The maximum atomic E-state index is 15.7. The van der Waals surface area contributed by atoms with Crippen LogP contribution >= 0.6 is 15.9 Å². The first kappa shape index (κ1) is 18.8. The largest absolute Gasteiger partial charge is 0.367 e. The minimum atomic E-state index is -1.99. The molecule has 2 fully saturated rings. The topological polar surface area (TPSA) is 125 Å². The van der Waals surface area contributed by atoms with Gasteiger partial charge in [-0.05, 0) is 41.8 Å². The average molecular weight is 449 g/mol. The number of Topliss-reactive ketones (excluding diaryl/α,β-unsaturated/α-hetero) is 1. The average Bonchev–Trinajstić information content (AvgIpc) is 3.25. The first-order valence-electron chi connectivity index (χ1n) is 8.76. The van der Waals surface area contributed by atoms with Gasteiger partial charge >= 0.3 is 0 Å². The Balaban J connectivity index is 1.92. The van der Waals surface area contributed by atoms with Gasteiger partial charge in [-0.15, -0.1) is 0 Å². The Bertz CT molecular complexity index is 1050. The van der Waals surface area contributed by atoms with Crippen LogP contribution in [0.5, 0.6) is 0 Å². The molecule has 2 aromatic heterocycles. The highest BCUT2D eigenvalue weighted by atomic mass is 79.9. The highest BCUT2D eigenvalue weighted by Crippen LogP contribution is 2.52. The molecule has 0 bridgehead atoms. The Labute approximate surface area is 168 Å². The number of carbonyl (C=O) groups excluding carboxylic acids is 2. The number of hydrogen-bond donors (Lipinski definition) is 3. The molecule has 28 heavy (non-hydrogen) atoms. The van der Waals surface area contributed by atoms with Crippen LogP contribution in [-0.2, 0) is 4.79 Å². The first-order valence-corrected chi connectivity index (χ1v) is 9.56. The van der Waals surface area contributed by atoms with Gasteiger partial charge in [0.2, 0.25) is 0 Å². The standard InChI is InChI=1S/C18H18BrFN6O2/c1-16(20)8-23-9-18(16,15(28)17(7-21)2-3-17)25-13-11(14(22)27)5-24-26-6-10(19)4-12(13)26/h4-6,23,25H,2-3,8-9H2,1H3,(H2,22,27)/t16-,18+/m0/s1. The summed E-state index contributed by atoms with van der Waals surface area (Å²) in [6.07, 6.45) is 3.73. The number of ketones is 1. The second kappa shape index (κ2) is 5.99. The van der Waals surface area contributed by atoms with Crippen LogP contribution in [0.1, 0.15) is 30.1 Å². The van der Waals surface area contributed by atoms with Crippen LogP contribution in [0.15, 0.2) is 22.9 Å². The fraction of sp³-hybridized carbons (Fsp3) is 0.444. The van der Waals surface area contributed by atoms with Crippen LogP contribution in [0.25, 0.3) is 5.52 Å². The fourth-order valence-electron chi connectivity index (χ4n) is 3.85. The van der Waals surface area contributed by atoms with E-state index in [4.69, 9.17) is 5.73 Å². The van der Waals surface area contributed by atoms with Gasteiger partial charge in [0.1, 0.15) is 11.0 Å². The molecule has 4 N–H and O–H groups in total. The summed E-state index contributed by atoms with van der Waals surface area (Å²) >= 11 is 3.35. The number of carbonyl (C=O) groups is 2. The summed E-state index contributed by atoms with van der Waals surface area (Å²) in [7, 11) is 0. The van der Waals surface area contributed by atoms with E-state index >= 15 is 4.39 Å². The number of hydrogen-bond acceptors (Lipinski definition) is 6. The van der Waals surface area contributed by atoms with E-state index in [-0.39, 0.29) is 24.3 Å². The predicted molar refractivity (Wildman–Crippen MR) is 102 cm³/mol. The molecule has 0 spiro atoms. The van der Waals surface area contributed by atoms with Crippen molar-refractivity contribution in [3.05, 3.63) is 28.5 Å². The number of nitrogens with two attached hydrogens (primary N) is 1. The Morgan fingerprint density at radius 2 is 2.18 bits per heavy atom. The Kier molecular flexibility index (Phi) is 4.03. The van der Waals surface area contributed by atoms with Crippen molar-refractivity contribution in [3.63, 3.8) is 0 Å². The smallest absolute Gasteiger partial charge is 0.252 e. The highest BCUT2D eigenvalue weighted by molar-refractivity contribution is 9.10. The van der Waals surface area contributed by atoms with Crippen molar-refractivity contribution in [2.24, 2.45) is 11.1 Å². The van der Waals surface area contributed by atoms with Gasteiger partial charge < -0.3 is 16.4 Å². The zero-order valence-corrected chi connectivity index (χ0v) is 16.6. The lowest BCUT2D eigenvalue weighted by Gasteiger charge is -2.39. The number of anilines is 1. The number of rotatable bonds is 5. The maximum Gasteiger partial charge on any atom is 0.252 e. The first-order chi connectivity index (χ1) is 13.2.